The molecule has 0 aromatic carbocycles. The van der Waals surface area contributed by atoms with Gasteiger partial charge in [-0.1, -0.05) is 0 Å². The van der Waals surface area contributed by atoms with Crippen molar-refractivity contribution in [3.8, 4) is 0 Å². The summed E-state index contributed by atoms with van der Waals surface area (Å²) in [5, 5.41) is 0. The van der Waals surface area contributed by atoms with Gasteiger partial charge in [0.25, 0.3) is 5.91 Å². The van der Waals surface area contributed by atoms with E-state index in [4.69, 9.17) is 10.5 Å². The molecule has 6 heteroatoms. The average Bonchev–Trinajstić information content (AvgIpc) is 2.47. The van der Waals surface area contributed by atoms with Crippen LogP contribution in [-0.4, -0.2) is 36.1 Å². The number of primary amides is 1. The first-order valence-electron chi connectivity index (χ1n) is 7.14. The van der Waals surface area contributed by atoms with Crippen molar-refractivity contribution >= 4 is 17.6 Å². The van der Waals surface area contributed by atoms with Crippen LogP contribution < -0.4 is 10.6 Å². The predicted molar refractivity (Wildman–Crippen MR) is 78.7 cm³/mol. The Bertz CT molecular complexity index is 525. The first kappa shape index (κ1) is 15.3. The first-order valence-corrected chi connectivity index (χ1v) is 7.14. The lowest BCUT2D eigenvalue weighted by atomic mass is 9.96. The maximum atomic E-state index is 12.0. The second-order valence-electron chi connectivity index (χ2n) is 5.40. The number of aromatic nitrogens is 1. The standard InChI is InChI=1S/C15H21N3O3/c1-10-9-17-6-3-13(10)18-7-4-12(5-8-18)15(20)21-11(2)14(16)19/h3,6,9,11-12H,4-5,7-8H2,1-2H3,(H2,16,19). The number of rotatable bonds is 4. The molecule has 0 radical (unpaired) electrons. The highest BCUT2D eigenvalue weighted by Crippen LogP contribution is 2.26. The van der Waals surface area contributed by atoms with Crippen LogP contribution >= 0.6 is 0 Å². The maximum absolute atomic E-state index is 12.0. The molecule has 114 valence electrons. The third kappa shape index (κ3) is 3.71. The van der Waals surface area contributed by atoms with Crippen LogP contribution in [0.3, 0.4) is 0 Å². The third-order valence-electron chi connectivity index (χ3n) is 3.85. The summed E-state index contributed by atoms with van der Waals surface area (Å²) in [6, 6.07) is 1.99. The summed E-state index contributed by atoms with van der Waals surface area (Å²) in [4.78, 5) is 29.2. The fourth-order valence-corrected chi connectivity index (χ4v) is 2.51. The van der Waals surface area contributed by atoms with E-state index < -0.39 is 12.0 Å². The number of nitrogens with two attached hydrogens (primary N) is 1. The van der Waals surface area contributed by atoms with Gasteiger partial charge in [0, 0.05) is 31.2 Å². The molecular formula is C15H21N3O3. The van der Waals surface area contributed by atoms with E-state index in [0.717, 1.165) is 24.3 Å². The van der Waals surface area contributed by atoms with Crippen molar-refractivity contribution in [2.24, 2.45) is 11.7 Å². The van der Waals surface area contributed by atoms with E-state index >= 15 is 0 Å². The molecule has 2 heterocycles. The van der Waals surface area contributed by atoms with Gasteiger partial charge in [0.15, 0.2) is 6.10 Å². The molecule has 1 unspecified atom stereocenters. The number of esters is 1. The van der Waals surface area contributed by atoms with Crippen LogP contribution in [0.25, 0.3) is 0 Å². The minimum Gasteiger partial charge on any atom is -0.452 e. The van der Waals surface area contributed by atoms with Crippen molar-refractivity contribution in [2.45, 2.75) is 32.8 Å². The molecule has 1 aliphatic heterocycles. The first-order chi connectivity index (χ1) is 9.99. The second-order valence-corrected chi connectivity index (χ2v) is 5.40. The van der Waals surface area contributed by atoms with Crippen LogP contribution in [0.2, 0.25) is 0 Å². The Kier molecular flexibility index (Phi) is 4.77. The summed E-state index contributed by atoms with van der Waals surface area (Å²) in [6.45, 7) is 5.10. The van der Waals surface area contributed by atoms with Gasteiger partial charge in [0.2, 0.25) is 0 Å². The van der Waals surface area contributed by atoms with E-state index in [9.17, 15) is 9.59 Å². The molecule has 2 N–H and O–H groups in total. The Morgan fingerprint density at radius 1 is 1.43 bits per heavy atom. The van der Waals surface area contributed by atoms with Gasteiger partial charge in [0.05, 0.1) is 5.92 Å². The molecule has 0 aliphatic carbocycles. The molecule has 1 saturated heterocycles. The Morgan fingerprint density at radius 2 is 2.10 bits per heavy atom. The molecular weight excluding hydrogens is 270 g/mol. The fourth-order valence-electron chi connectivity index (χ4n) is 2.51. The van der Waals surface area contributed by atoms with Crippen molar-refractivity contribution in [3.05, 3.63) is 24.0 Å². The van der Waals surface area contributed by atoms with E-state index in [0.29, 0.717) is 12.8 Å². The molecule has 1 amide bonds. The number of nitrogens with zero attached hydrogens (tertiary/aromatic N) is 2. The number of amides is 1. The summed E-state index contributed by atoms with van der Waals surface area (Å²) in [6.07, 6.45) is 4.18. The van der Waals surface area contributed by atoms with Crippen LogP contribution in [0.5, 0.6) is 0 Å². The summed E-state index contributed by atoms with van der Waals surface area (Å²) >= 11 is 0. The predicted octanol–water partition coefficient (Wildman–Crippen LogP) is 1.02. The SMILES string of the molecule is Cc1cnccc1N1CCC(C(=O)OC(C)C(N)=O)CC1. The van der Waals surface area contributed by atoms with Crippen LogP contribution in [0, 0.1) is 12.8 Å². The number of carbonyl (C=O) groups is 2. The quantitative estimate of drug-likeness (QED) is 0.837. The van der Waals surface area contributed by atoms with Gasteiger partial charge >= 0.3 is 5.97 Å². The Balaban J connectivity index is 1.90. The molecule has 2 rings (SSSR count). The van der Waals surface area contributed by atoms with Gasteiger partial charge in [0.1, 0.15) is 0 Å². The number of carbonyl (C=O) groups excluding carboxylic acids is 2. The van der Waals surface area contributed by atoms with Crippen molar-refractivity contribution < 1.29 is 14.3 Å². The molecule has 21 heavy (non-hydrogen) atoms. The van der Waals surface area contributed by atoms with Gasteiger partial charge in [-0.3, -0.25) is 14.6 Å². The van der Waals surface area contributed by atoms with Crippen molar-refractivity contribution in [2.75, 3.05) is 18.0 Å². The highest BCUT2D eigenvalue weighted by molar-refractivity contribution is 5.82. The number of pyridine rings is 1. The summed E-state index contributed by atoms with van der Waals surface area (Å²) in [7, 11) is 0. The molecule has 1 aromatic rings. The van der Waals surface area contributed by atoms with Crippen LogP contribution in [0.15, 0.2) is 18.5 Å². The largest absolute Gasteiger partial charge is 0.452 e. The van der Waals surface area contributed by atoms with E-state index in [1.54, 1.807) is 6.20 Å². The summed E-state index contributed by atoms with van der Waals surface area (Å²) < 4.78 is 5.07. The zero-order valence-electron chi connectivity index (χ0n) is 12.4. The lowest BCUT2D eigenvalue weighted by Crippen LogP contribution is -2.39. The Morgan fingerprint density at radius 3 is 2.67 bits per heavy atom. The van der Waals surface area contributed by atoms with Crippen LogP contribution in [0.4, 0.5) is 5.69 Å². The molecule has 6 nitrogen and oxygen atoms in total. The highest BCUT2D eigenvalue weighted by Gasteiger charge is 2.28. The van der Waals surface area contributed by atoms with Crippen molar-refractivity contribution in [3.63, 3.8) is 0 Å². The van der Waals surface area contributed by atoms with E-state index in [1.807, 2.05) is 19.2 Å². The lowest BCUT2D eigenvalue weighted by Gasteiger charge is -2.33. The summed E-state index contributed by atoms with van der Waals surface area (Å²) in [5.74, 6) is -1.11. The molecule has 0 spiro atoms. The Hall–Kier alpha value is -2.11. The zero-order chi connectivity index (χ0) is 15.4. The van der Waals surface area contributed by atoms with Gasteiger partial charge in [-0.15, -0.1) is 0 Å². The Labute approximate surface area is 124 Å². The lowest BCUT2D eigenvalue weighted by molar-refractivity contribution is -0.158. The average molecular weight is 291 g/mol. The minimum absolute atomic E-state index is 0.162. The van der Waals surface area contributed by atoms with Crippen LogP contribution in [0.1, 0.15) is 25.3 Å². The van der Waals surface area contributed by atoms with Gasteiger partial charge in [-0.25, -0.2) is 0 Å². The topological polar surface area (TPSA) is 85.5 Å². The highest BCUT2D eigenvalue weighted by atomic mass is 16.5. The van der Waals surface area contributed by atoms with Crippen molar-refractivity contribution in [1.29, 1.82) is 0 Å². The number of aryl methyl sites for hydroxylation is 1. The molecule has 1 aliphatic rings. The number of anilines is 1. The third-order valence-corrected chi connectivity index (χ3v) is 3.85. The van der Waals surface area contributed by atoms with Gasteiger partial charge in [-0.2, -0.15) is 0 Å². The smallest absolute Gasteiger partial charge is 0.309 e. The number of hydrogen-bond donors (Lipinski definition) is 1. The number of hydrogen-bond acceptors (Lipinski definition) is 5. The van der Waals surface area contributed by atoms with Gasteiger partial charge < -0.3 is 15.4 Å². The number of piperidine rings is 1. The number of ether oxygens (including phenoxy) is 1. The molecule has 1 aromatic heterocycles. The van der Waals surface area contributed by atoms with Crippen molar-refractivity contribution in [1.82, 2.24) is 4.98 Å². The zero-order valence-corrected chi connectivity index (χ0v) is 12.4. The molecule has 1 atom stereocenters. The maximum Gasteiger partial charge on any atom is 0.309 e. The molecule has 1 fully saturated rings. The fraction of sp³-hybridized carbons (Fsp3) is 0.533. The monoisotopic (exact) mass is 291 g/mol. The minimum atomic E-state index is -0.863. The van der Waals surface area contributed by atoms with E-state index in [-0.39, 0.29) is 11.9 Å². The normalized spacial score (nSPS) is 17.3. The molecule has 0 bridgehead atoms. The second kappa shape index (κ2) is 6.56. The molecule has 0 saturated carbocycles. The van der Waals surface area contributed by atoms with E-state index in [2.05, 4.69) is 9.88 Å². The van der Waals surface area contributed by atoms with Crippen LogP contribution in [-0.2, 0) is 14.3 Å². The summed E-state index contributed by atoms with van der Waals surface area (Å²) in [5.41, 5.74) is 7.38. The van der Waals surface area contributed by atoms with Gasteiger partial charge in [-0.05, 0) is 38.3 Å². The van der Waals surface area contributed by atoms with E-state index in [1.165, 1.54) is 6.92 Å².